The van der Waals surface area contributed by atoms with Crippen LogP contribution < -0.4 is 4.90 Å². The SMILES string of the molecule is Cc1cc(N(C)CC2CCCC2)ncn1. The molecule has 1 fully saturated rings. The Hall–Kier alpha value is -1.12. The fraction of sp³-hybridized carbons (Fsp3) is 0.667. The predicted molar refractivity (Wildman–Crippen MR) is 62.0 cm³/mol. The van der Waals surface area contributed by atoms with E-state index in [-0.39, 0.29) is 0 Å². The van der Waals surface area contributed by atoms with Gasteiger partial charge in [-0.05, 0) is 25.7 Å². The Morgan fingerprint density at radius 1 is 1.33 bits per heavy atom. The van der Waals surface area contributed by atoms with E-state index < -0.39 is 0 Å². The molecule has 1 saturated carbocycles. The number of hydrogen-bond donors (Lipinski definition) is 0. The van der Waals surface area contributed by atoms with E-state index in [0.717, 1.165) is 24.0 Å². The molecule has 82 valence electrons. The van der Waals surface area contributed by atoms with Crippen LogP contribution in [0.3, 0.4) is 0 Å². The number of hydrogen-bond acceptors (Lipinski definition) is 3. The summed E-state index contributed by atoms with van der Waals surface area (Å²) in [5, 5.41) is 0. The van der Waals surface area contributed by atoms with Gasteiger partial charge >= 0.3 is 0 Å². The van der Waals surface area contributed by atoms with Gasteiger partial charge in [-0.25, -0.2) is 9.97 Å². The van der Waals surface area contributed by atoms with Crippen LogP contribution in [-0.4, -0.2) is 23.6 Å². The topological polar surface area (TPSA) is 29.0 Å². The first kappa shape index (κ1) is 10.4. The third-order valence-corrected chi connectivity index (χ3v) is 3.19. The van der Waals surface area contributed by atoms with Crippen LogP contribution in [0.2, 0.25) is 0 Å². The van der Waals surface area contributed by atoms with Gasteiger partial charge in [0.05, 0.1) is 0 Å². The minimum Gasteiger partial charge on any atom is -0.359 e. The standard InChI is InChI=1S/C12H19N3/c1-10-7-12(14-9-13-10)15(2)8-11-5-3-4-6-11/h7,9,11H,3-6,8H2,1-2H3. The van der Waals surface area contributed by atoms with Crippen LogP contribution in [-0.2, 0) is 0 Å². The van der Waals surface area contributed by atoms with E-state index in [0.29, 0.717) is 0 Å². The molecule has 2 rings (SSSR count). The van der Waals surface area contributed by atoms with E-state index in [1.165, 1.54) is 25.7 Å². The summed E-state index contributed by atoms with van der Waals surface area (Å²) in [4.78, 5) is 10.7. The molecule has 15 heavy (non-hydrogen) atoms. The summed E-state index contributed by atoms with van der Waals surface area (Å²) in [5.74, 6) is 1.92. The first-order chi connectivity index (χ1) is 7.25. The number of rotatable bonds is 3. The van der Waals surface area contributed by atoms with Gasteiger partial charge in [-0.2, -0.15) is 0 Å². The lowest BCUT2D eigenvalue weighted by Gasteiger charge is -2.21. The highest BCUT2D eigenvalue weighted by Gasteiger charge is 2.17. The van der Waals surface area contributed by atoms with Crippen molar-refractivity contribution in [3.8, 4) is 0 Å². The van der Waals surface area contributed by atoms with Crippen molar-refractivity contribution >= 4 is 5.82 Å². The largest absolute Gasteiger partial charge is 0.359 e. The van der Waals surface area contributed by atoms with Gasteiger partial charge in [0.2, 0.25) is 0 Å². The molecule has 0 bridgehead atoms. The van der Waals surface area contributed by atoms with Crippen molar-refractivity contribution in [2.45, 2.75) is 32.6 Å². The van der Waals surface area contributed by atoms with Crippen LogP contribution in [0.15, 0.2) is 12.4 Å². The van der Waals surface area contributed by atoms with Crippen molar-refractivity contribution < 1.29 is 0 Å². The van der Waals surface area contributed by atoms with Crippen LogP contribution in [0.25, 0.3) is 0 Å². The van der Waals surface area contributed by atoms with Crippen molar-refractivity contribution in [2.24, 2.45) is 5.92 Å². The van der Waals surface area contributed by atoms with E-state index in [9.17, 15) is 0 Å². The predicted octanol–water partition coefficient (Wildman–Crippen LogP) is 2.41. The average Bonchev–Trinajstić information content (AvgIpc) is 2.70. The highest BCUT2D eigenvalue weighted by molar-refractivity contribution is 5.37. The summed E-state index contributed by atoms with van der Waals surface area (Å²) >= 11 is 0. The number of aromatic nitrogens is 2. The summed E-state index contributed by atoms with van der Waals surface area (Å²) in [7, 11) is 2.13. The van der Waals surface area contributed by atoms with Crippen molar-refractivity contribution in [1.82, 2.24) is 9.97 Å². The van der Waals surface area contributed by atoms with Gasteiger partial charge in [-0.1, -0.05) is 12.8 Å². The van der Waals surface area contributed by atoms with Gasteiger partial charge in [-0.3, -0.25) is 0 Å². The lowest BCUT2D eigenvalue weighted by Crippen LogP contribution is -2.24. The lowest BCUT2D eigenvalue weighted by molar-refractivity contribution is 0.545. The third-order valence-electron chi connectivity index (χ3n) is 3.19. The van der Waals surface area contributed by atoms with Gasteiger partial charge in [-0.15, -0.1) is 0 Å². The summed E-state index contributed by atoms with van der Waals surface area (Å²) in [6, 6.07) is 2.05. The molecule has 0 spiro atoms. The lowest BCUT2D eigenvalue weighted by atomic mass is 10.1. The molecule has 0 aromatic carbocycles. The molecule has 0 aliphatic heterocycles. The molecule has 3 heteroatoms. The maximum absolute atomic E-state index is 4.30. The summed E-state index contributed by atoms with van der Waals surface area (Å²) in [5.41, 5.74) is 1.04. The van der Waals surface area contributed by atoms with Crippen molar-refractivity contribution in [1.29, 1.82) is 0 Å². The Labute approximate surface area is 91.5 Å². The molecule has 1 aliphatic carbocycles. The Kier molecular flexibility index (Phi) is 3.19. The highest BCUT2D eigenvalue weighted by Crippen LogP contribution is 2.26. The van der Waals surface area contributed by atoms with Crippen molar-refractivity contribution in [2.75, 3.05) is 18.5 Å². The number of anilines is 1. The maximum atomic E-state index is 4.30. The van der Waals surface area contributed by atoms with Crippen molar-refractivity contribution in [3.05, 3.63) is 18.1 Å². The van der Waals surface area contributed by atoms with E-state index in [1.807, 2.05) is 6.92 Å². The molecule has 0 radical (unpaired) electrons. The molecule has 1 aromatic heterocycles. The molecule has 0 amide bonds. The number of nitrogens with zero attached hydrogens (tertiary/aromatic N) is 3. The van der Waals surface area contributed by atoms with Gasteiger partial charge < -0.3 is 4.90 Å². The zero-order valence-corrected chi connectivity index (χ0v) is 9.61. The minimum atomic E-state index is 0.866. The van der Waals surface area contributed by atoms with Crippen LogP contribution in [0.4, 0.5) is 5.82 Å². The fourth-order valence-corrected chi connectivity index (χ4v) is 2.32. The second-order valence-corrected chi connectivity index (χ2v) is 4.55. The monoisotopic (exact) mass is 205 g/mol. The average molecular weight is 205 g/mol. The maximum Gasteiger partial charge on any atom is 0.131 e. The molecular weight excluding hydrogens is 186 g/mol. The molecule has 0 saturated heterocycles. The third kappa shape index (κ3) is 2.67. The second-order valence-electron chi connectivity index (χ2n) is 4.55. The summed E-state index contributed by atoms with van der Waals surface area (Å²) in [6.07, 6.45) is 7.22. The minimum absolute atomic E-state index is 0.866. The molecule has 1 aliphatic rings. The van der Waals surface area contributed by atoms with Crippen LogP contribution in [0, 0.1) is 12.8 Å². The van der Waals surface area contributed by atoms with Crippen molar-refractivity contribution in [3.63, 3.8) is 0 Å². The van der Waals surface area contributed by atoms with Gasteiger partial charge in [0.15, 0.2) is 0 Å². The van der Waals surface area contributed by atoms with Gasteiger partial charge in [0.1, 0.15) is 12.1 Å². The second kappa shape index (κ2) is 4.60. The van der Waals surface area contributed by atoms with E-state index >= 15 is 0 Å². The van der Waals surface area contributed by atoms with Crippen LogP contribution in [0.1, 0.15) is 31.4 Å². The van der Waals surface area contributed by atoms with E-state index in [1.54, 1.807) is 6.33 Å². The number of aryl methyl sites for hydroxylation is 1. The molecule has 1 aromatic rings. The molecule has 3 nitrogen and oxygen atoms in total. The summed E-state index contributed by atoms with van der Waals surface area (Å²) in [6.45, 7) is 3.14. The first-order valence-corrected chi connectivity index (χ1v) is 5.75. The molecule has 0 unspecified atom stereocenters. The van der Waals surface area contributed by atoms with E-state index in [4.69, 9.17) is 0 Å². The smallest absolute Gasteiger partial charge is 0.131 e. The Balaban J connectivity index is 1.97. The quantitative estimate of drug-likeness (QED) is 0.758. The first-order valence-electron chi connectivity index (χ1n) is 5.75. The molecule has 0 N–H and O–H groups in total. The summed E-state index contributed by atoms with van der Waals surface area (Å²) < 4.78 is 0. The Bertz CT molecular complexity index is 318. The fourth-order valence-electron chi connectivity index (χ4n) is 2.32. The Morgan fingerprint density at radius 2 is 2.07 bits per heavy atom. The Morgan fingerprint density at radius 3 is 2.73 bits per heavy atom. The van der Waals surface area contributed by atoms with Gasteiger partial charge in [0.25, 0.3) is 0 Å². The zero-order valence-electron chi connectivity index (χ0n) is 9.61. The molecule has 1 heterocycles. The van der Waals surface area contributed by atoms with Crippen LogP contribution >= 0.6 is 0 Å². The van der Waals surface area contributed by atoms with E-state index in [2.05, 4.69) is 28.0 Å². The molecular formula is C12H19N3. The van der Waals surface area contributed by atoms with Crippen LogP contribution in [0.5, 0.6) is 0 Å². The zero-order chi connectivity index (χ0) is 10.7. The van der Waals surface area contributed by atoms with Gasteiger partial charge in [0, 0.05) is 25.4 Å². The highest BCUT2D eigenvalue weighted by atomic mass is 15.2. The normalized spacial score (nSPS) is 16.9. The molecule has 0 atom stereocenters.